The number of carbonyl (C=O) groups is 2. The SMILES string of the molecule is CC(=O)Nc1cccc(OCCNC(=O)C2CC(O)CN2)c1.Cl. The summed E-state index contributed by atoms with van der Waals surface area (Å²) in [6.07, 6.45) is -0.0191. The molecule has 1 saturated heterocycles. The Morgan fingerprint density at radius 3 is 2.87 bits per heavy atom. The van der Waals surface area contributed by atoms with Gasteiger partial charge in [-0.15, -0.1) is 12.4 Å². The van der Waals surface area contributed by atoms with E-state index in [0.29, 0.717) is 37.6 Å². The topological polar surface area (TPSA) is 99.7 Å². The molecule has 128 valence electrons. The summed E-state index contributed by atoms with van der Waals surface area (Å²) in [5.41, 5.74) is 0.665. The van der Waals surface area contributed by atoms with Gasteiger partial charge in [0.1, 0.15) is 12.4 Å². The molecule has 7 nitrogen and oxygen atoms in total. The fraction of sp³-hybridized carbons (Fsp3) is 0.467. The number of anilines is 1. The maximum Gasteiger partial charge on any atom is 0.237 e. The van der Waals surface area contributed by atoms with Crippen molar-refractivity contribution in [3.05, 3.63) is 24.3 Å². The van der Waals surface area contributed by atoms with E-state index in [1.807, 2.05) is 0 Å². The number of hydrogen-bond acceptors (Lipinski definition) is 5. The summed E-state index contributed by atoms with van der Waals surface area (Å²) in [4.78, 5) is 22.8. The van der Waals surface area contributed by atoms with E-state index in [-0.39, 0.29) is 30.3 Å². The molecule has 0 bridgehead atoms. The van der Waals surface area contributed by atoms with Crippen LogP contribution in [0.25, 0.3) is 0 Å². The highest BCUT2D eigenvalue weighted by Gasteiger charge is 2.27. The third-order valence-electron chi connectivity index (χ3n) is 3.25. The average Bonchev–Trinajstić information content (AvgIpc) is 2.90. The van der Waals surface area contributed by atoms with E-state index in [1.165, 1.54) is 6.92 Å². The lowest BCUT2D eigenvalue weighted by atomic mass is 10.2. The van der Waals surface area contributed by atoms with E-state index >= 15 is 0 Å². The van der Waals surface area contributed by atoms with Crippen molar-refractivity contribution in [2.75, 3.05) is 25.0 Å². The Morgan fingerprint density at radius 1 is 1.43 bits per heavy atom. The number of ether oxygens (including phenoxy) is 1. The van der Waals surface area contributed by atoms with Crippen molar-refractivity contribution in [3.63, 3.8) is 0 Å². The average molecular weight is 344 g/mol. The van der Waals surface area contributed by atoms with Gasteiger partial charge in [-0.3, -0.25) is 9.59 Å². The number of nitrogens with one attached hydrogen (secondary N) is 3. The van der Waals surface area contributed by atoms with Gasteiger partial charge in [-0.25, -0.2) is 0 Å². The van der Waals surface area contributed by atoms with Crippen LogP contribution in [-0.2, 0) is 9.59 Å². The fourth-order valence-corrected chi connectivity index (χ4v) is 2.25. The second-order valence-electron chi connectivity index (χ2n) is 5.20. The smallest absolute Gasteiger partial charge is 0.237 e. The molecule has 2 amide bonds. The standard InChI is InChI=1S/C15H21N3O4.ClH/c1-10(19)18-11-3-2-4-13(7-11)22-6-5-16-15(21)14-8-12(20)9-17-14;/h2-4,7,12,14,17,20H,5-6,8-9H2,1H3,(H,16,21)(H,18,19);1H. The predicted molar refractivity (Wildman–Crippen MR) is 88.9 cm³/mol. The van der Waals surface area contributed by atoms with Crippen molar-refractivity contribution in [1.82, 2.24) is 10.6 Å². The molecule has 0 spiro atoms. The lowest BCUT2D eigenvalue weighted by Gasteiger charge is -2.12. The van der Waals surface area contributed by atoms with Crippen LogP contribution in [0.4, 0.5) is 5.69 Å². The summed E-state index contributed by atoms with van der Waals surface area (Å²) in [7, 11) is 0. The highest BCUT2D eigenvalue weighted by atomic mass is 35.5. The van der Waals surface area contributed by atoms with Crippen LogP contribution in [0.2, 0.25) is 0 Å². The second-order valence-corrected chi connectivity index (χ2v) is 5.20. The zero-order valence-electron chi connectivity index (χ0n) is 12.9. The van der Waals surface area contributed by atoms with Gasteiger partial charge in [-0.05, 0) is 18.6 Å². The van der Waals surface area contributed by atoms with Crippen molar-refractivity contribution in [3.8, 4) is 5.75 Å². The van der Waals surface area contributed by atoms with Crippen LogP contribution in [0.15, 0.2) is 24.3 Å². The molecule has 2 atom stereocenters. The second kappa shape index (κ2) is 9.34. The van der Waals surface area contributed by atoms with Gasteiger partial charge < -0.3 is 25.8 Å². The first-order chi connectivity index (χ1) is 10.5. The van der Waals surface area contributed by atoms with Gasteiger partial charge in [0.25, 0.3) is 0 Å². The first-order valence-corrected chi connectivity index (χ1v) is 7.24. The number of amides is 2. The number of aliphatic hydroxyl groups excluding tert-OH is 1. The van der Waals surface area contributed by atoms with Crippen LogP contribution < -0.4 is 20.7 Å². The zero-order chi connectivity index (χ0) is 15.9. The maximum absolute atomic E-state index is 11.8. The molecule has 0 aliphatic carbocycles. The Balaban J connectivity index is 0.00000264. The molecular formula is C15H22ClN3O4. The van der Waals surface area contributed by atoms with Crippen molar-refractivity contribution >= 4 is 29.9 Å². The minimum absolute atomic E-state index is 0. The molecule has 2 unspecified atom stereocenters. The normalized spacial score (nSPS) is 19.6. The summed E-state index contributed by atoms with van der Waals surface area (Å²) in [5, 5.41) is 17.7. The molecule has 23 heavy (non-hydrogen) atoms. The van der Waals surface area contributed by atoms with Gasteiger partial charge in [0, 0.05) is 25.2 Å². The summed E-state index contributed by atoms with van der Waals surface area (Å²) < 4.78 is 5.53. The Morgan fingerprint density at radius 2 is 2.22 bits per heavy atom. The largest absolute Gasteiger partial charge is 0.492 e. The molecular weight excluding hydrogens is 322 g/mol. The summed E-state index contributed by atoms with van der Waals surface area (Å²) in [6, 6.07) is 6.72. The van der Waals surface area contributed by atoms with Crippen molar-refractivity contribution in [1.29, 1.82) is 0 Å². The third-order valence-corrected chi connectivity index (χ3v) is 3.25. The van der Waals surface area contributed by atoms with Crippen molar-refractivity contribution < 1.29 is 19.4 Å². The molecule has 1 heterocycles. The number of rotatable bonds is 6. The number of aliphatic hydroxyl groups is 1. The Hall–Kier alpha value is -1.83. The van der Waals surface area contributed by atoms with Crippen LogP contribution >= 0.6 is 12.4 Å². The Bertz CT molecular complexity index is 541. The minimum atomic E-state index is -0.455. The summed E-state index contributed by atoms with van der Waals surface area (Å²) in [5.74, 6) is 0.345. The van der Waals surface area contributed by atoms with E-state index < -0.39 is 6.10 Å². The van der Waals surface area contributed by atoms with Gasteiger partial charge in [-0.2, -0.15) is 0 Å². The van der Waals surface area contributed by atoms with Gasteiger partial charge in [0.2, 0.25) is 11.8 Å². The molecule has 2 rings (SSSR count). The van der Waals surface area contributed by atoms with E-state index in [9.17, 15) is 14.7 Å². The predicted octanol–water partition coefficient (Wildman–Crippen LogP) is 0.285. The molecule has 1 fully saturated rings. The van der Waals surface area contributed by atoms with Crippen molar-refractivity contribution in [2.24, 2.45) is 0 Å². The summed E-state index contributed by atoms with van der Waals surface area (Å²) >= 11 is 0. The molecule has 1 aliphatic heterocycles. The lowest BCUT2D eigenvalue weighted by molar-refractivity contribution is -0.123. The van der Waals surface area contributed by atoms with E-state index in [0.717, 1.165) is 0 Å². The molecule has 1 aliphatic rings. The Kier molecular flexibility index (Phi) is 7.80. The van der Waals surface area contributed by atoms with Gasteiger partial charge in [0.15, 0.2) is 0 Å². The highest BCUT2D eigenvalue weighted by molar-refractivity contribution is 5.88. The fourth-order valence-electron chi connectivity index (χ4n) is 2.25. The van der Waals surface area contributed by atoms with Gasteiger partial charge in [-0.1, -0.05) is 6.07 Å². The quantitative estimate of drug-likeness (QED) is 0.556. The van der Waals surface area contributed by atoms with E-state index in [4.69, 9.17) is 4.74 Å². The third kappa shape index (κ3) is 6.43. The Labute approximate surface area is 141 Å². The number of benzene rings is 1. The monoisotopic (exact) mass is 343 g/mol. The number of halogens is 1. The molecule has 8 heteroatoms. The van der Waals surface area contributed by atoms with E-state index in [2.05, 4.69) is 16.0 Å². The van der Waals surface area contributed by atoms with Gasteiger partial charge in [0.05, 0.1) is 18.7 Å². The molecule has 0 radical (unpaired) electrons. The summed E-state index contributed by atoms with van der Waals surface area (Å²) in [6.45, 7) is 2.59. The first-order valence-electron chi connectivity index (χ1n) is 7.24. The van der Waals surface area contributed by atoms with Crippen LogP contribution in [0.1, 0.15) is 13.3 Å². The molecule has 1 aromatic carbocycles. The van der Waals surface area contributed by atoms with Crippen molar-refractivity contribution in [2.45, 2.75) is 25.5 Å². The lowest BCUT2D eigenvalue weighted by Crippen LogP contribution is -2.41. The van der Waals surface area contributed by atoms with E-state index in [1.54, 1.807) is 24.3 Å². The zero-order valence-corrected chi connectivity index (χ0v) is 13.7. The van der Waals surface area contributed by atoms with Crippen LogP contribution in [0, 0.1) is 0 Å². The molecule has 4 N–H and O–H groups in total. The van der Waals surface area contributed by atoms with Crippen LogP contribution in [0.5, 0.6) is 5.75 Å². The minimum Gasteiger partial charge on any atom is -0.492 e. The van der Waals surface area contributed by atoms with Crippen LogP contribution in [-0.4, -0.2) is 48.8 Å². The maximum atomic E-state index is 11.8. The number of carbonyl (C=O) groups excluding carboxylic acids is 2. The number of hydrogen-bond donors (Lipinski definition) is 4. The highest BCUT2D eigenvalue weighted by Crippen LogP contribution is 2.17. The van der Waals surface area contributed by atoms with Crippen LogP contribution in [0.3, 0.4) is 0 Å². The first kappa shape index (κ1) is 19.2. The van der Waals surface area contributed by atoms with Gasteiger partial charge >= 0.3 is 0 Å². The molecule has 0 saturated carbocycles. The molecule has 0 aromatic heterocycles. The molecule has 1 aromatic rings. The number of β-amino-alcohol motifs (C(OH)–C–C–N with tert-alkyl or cyclic N) is 1.